The zero-order valence-electron chi connectivity index (χ0n) is 10.3. The summed E-state index contributed by atoms with van der Waals surface area (Å²) in [5.74, 6) is 1.78. The van der Waals surface area contributed by atoms with Crippen LogP contribution in [0.15, 0.2) is 48.3 Å². The van der Waals surface area contributed by atoms with Gasteiger partial charge in [0.15, 0.2) is 17.0 Å². The highest BCUT2D eigenvalue weighted by Crippen LogP contribution is 2.29. The van der Waals surface area contributed by atoms with E-state index in [0.717, 1.165) is 4.47 Å². The lowest BCUT2D eigenvalue weighted by Crippen LogP contribution is -1.96. The second-order valence-electron chi connectivity index (χ2n) is 3.97. The van der Waals surface area contributed by atoms with E-state index in [1.54, 1.807) is 30.3 Å². The Morgan fingerprint density at radius 2 is 1.95 bits per heavy atom. The molecule has 3 rings (SSSR count). The summed E-state index contributed by atoms with van der Waals surface area (Å²) in [4.78, 5) is 0. The van der Waals surface area contributed by atoms with E-state index in [0.29, 0.717) is 33.0 Å². The summed E-state index contributed by atoms with van der Waals surface area (Å²) >= 11 is 12.4. The predicted molar refractivity (Wildman–Crippen MR) is 83.2 cm³/mol. The Kier molecular flexibility index (Phi) is 4.32. The Hall–Kier alpha value is -1.31. The van der Waals surface area contributed by atoms with E-state index in [1.807, 2.05) is 0 Å². The molecule has 0 aliphatic carbocycles. The van der Waals surface area contributed by atoms with Crippen molar-refractivity contribution >= 4 is 43.5 Å². The van der Waals surface area contributed by atoms with E-state index in [-0.39, 0.29) is 6.61 Å². The third kappa shape index (κ3) is 3.48. The summed E-state index contributed by atoms with van der Waals surface area (Å²) in [6, 6.07) is 8.73. The lowest BCUT2D eigenvalue weighted by atomic mass is 10.3. The average molecular weight is 434 g/mol. The molecule has 3 aromatic rings. The van der Waals surface area contributed by atoms with Crippen molar-refractivity contribution in [2.45, 2.75) is 6.61 Å². The van der Waals surface area contributed by atoms with Crippen LogP contribution in [0.4, 0.5) is 0 Å². The van der Waals surface area contributed by atoms with Gasteiger partial charge in [-0.25, -0.2) is 0 Å². The number of halogens is 3. The fourth-order valence-corrected chi connectivity index (χ4v) is 2.68. The standard InChI is InChI=1S/C13H7Br2ClN2O3/c14-8-5-7(16)1-2-9(8)19-6-12-17-18-13(21-12)10-3-4-11(15)20-10/h1-5H,6H2. The number of hydrogen-bond donors (Lipinski definition) is 0. The fourth-order valence-electron chi connectivity index (χ4n) is 1.57. The largest absolute Gasteiger partial charge is 0.483 e. The van der Waals surface area contributed by atoms with Crippen molar-refractivity contribution in [1.29, 1.82) is 0 Å². The summed E-state index contributed by atoms with van der Waals surface area (Å²) < 4.78 is 17.7. The maximum absolute atomic E-state index is 5.87. The van der Waals surface area contributed by atoms with Crippen molar-refractivity contribution in [3.8, 4) is 17.4 Å². The van der Waals surface area contributed by atoms with Gasteiger partial charge in [-0.2, -0.15) is 0 Å². The van der Waals surface area contributed by atoms with Gasteiger partial charge in [-0.15, -0.1) is 10.2 Å². The van der Waals surface area contributed by atoms with Crippen LogP contribution in [0, 0.1) is 0 Å². The average Bonchev–Trinajstić information content (AvgIpc) is 3.06. The first-order valence-corrected chi connectivity index (χ1v) is 7.74. The van der Waals surface area contributed by atoms with Crippen LogP contribution in [-0.2, 0) is 6.61 Å². The Morgan fingerprint density at radius 1 is 1.10 bits per heavy atom. The van der Waals surface area contributed by atoms with Crippen molar-refractivity contribution < 1.29 is 13.6 Å². The van der Waals surface area contributed by atoms with Crippen LogP contribution in [0.3, 0.4) is 0 Å². The summed E-state index contributed by atoms with van der Waals surface area (Å²) in [5.41, 5.74) is 0. The molecule has 2 aromatic heterocycles. The summed E-state index contributed by atoms with van der Waals surface area (Å²) in [6.07, 6.45) is 0. The van der Waals surface area contributed by atoms with Crippen molar-refractivity contribution in [3.63, 3.8) is 0 Å². The lowest BCUT2D eigenvalue weighted by molar-refractivity contribution is 0.262. The third-order valence-corrected chi connectivity index (χ3v) is 3.78. The molecule has 0 saturated carbocycles. The molecule has 8 heteroatoms. The Balaban J connectivity index is 1.70. The summed E-state index contributed by atoms with van der Waals surface area (Å²) in [7, 11) is 0. The van der Waals surface area contributed by atoms with E-state index in [1.165, 1.54) is 0 Å². The summed E-state index contributed by atoms with van der Waals surface area (Å²) in [6.45, 7) is 0.148. The molecule has 0 radical (unpaired) electrons. The molecule has 0 fully saturated rings. The SMILES string of the molecule is Clc1ccc(OCc2nnc(-c3ccc(Br)o3)o2)c(Br)c1. The van der Waals surface area contributed by atoms with Gasteiger partial charge in [0, 0.05) is 5.02 Å². The first kappa shape index (κ1) is 14.6. The molecular weight excluding hydrogens is 427 g/mol. The van der Waals surface area contributed by atoms with Gasteiger partial charge in [-0.05, 0) is 62.2 Å². The molecule has 0 aliphatic heterocycles. The Labute approximate surface area is 141 Å². The van der Waals surface area contributed by atoms with Crippen molar-refractivity contribution in [2.24, 2.45) is 0 Å². The van der Waals surface area contributed by atoms with Crippen molar-refractivity contribution in [3.05, 3.63) is 50.4 Å². The molecule has 5 nitrogen and oxygen atoms in total. The van der Waals surface area contributed by atoms with Crippen LogP contribution in [-0.4, -0.2) is 10.2 Å². The number of ether oxygens (including phenoxy) is 1. The quantitative estimate of drug-likeness (QED) is 0.573. The van der Waals surface area contributed by atoms with E-state index in [9.17, 15) is 0 Å². The van der Waals surface area contributed by atoms with Gasteiger partial charge in [-0.1, -0.05) is 11.6 Å². The van der Waals surface area contributed by atoms with Gasteiger partial charge in [-0.3, -0.25) is 0 Å². The van der Waals surface area contributed by atoms with E-state index < -0.39 is 0 Å². The Bertz CT molecular complexity index is 772. The zero-order chi connectivity index (χ0) is 14.8. The topological polar surface area (TPSA) is 61.3 Å². The fraction of sp³-hybridized carbons (Fsp3) is 0.0769. The van der Waals surface area contributed by atoms with Gasteiger partial charge in [0.1, 0.15) is 5.75 Å². The molecule has 0 atom stereocenters. The number of furan rings is 1. The zero-order valence-corrected chi connectivity index (χ0v) is 14.3. The first-order valence-electron chi connectivity index (χ1n) is 5.78. The van der Waals surface area contributed by atoms with Gasteiger partial charge < -0.3 is 13.6 Å². The van der Waals surface area contributed by atoms with E-state index in [4.69, 9.17) is 25.2 Å². The van der Waals surface area contributed by atoms with Crippen LogP contribution >= 0.6 is 43.5 Å². The number of aromatic nitrogens is 2. The molecule has 0 saturated heterocycles. The highest BCUT2D eigenvalue weighted by Gasteiger charge is 2.13. The molecule has 1 aromatic carbocycles. The molecule has 108 valence electrons. The minimum absolute atomic E-state index is 0.148. The molecule has 0 N–H and O–H groups in total. The molecule has 0 amide bonds. The number of hydrogen-bond acceptors (Lipinski definition) is 5. The second-order valence-corrected chi connectivity index (χ2v) is 6.04. The highest BCUT2D eigenvalue weighted by atomic mass is 79.9. The van der Waals surface area contributed by atoms with Gasteiger partial charge in [0.25, 0.3) is 11.8 Å². The lowest BCUT2D eigenvalue weighted by Gasteiger charge is -2.05. The molecule has 0 aliphatic rings. The van der Waals surface area contributed by atoms with Gasteiger partial charge in [0.05, 0.1) is 4.47 Å². The minimum Gasteiger partial charge on any atom is -0.483 e. The highest BCUT2D eigenvalue weighted by molar-refractivity contribution is 9.10. The molecule has 21 heavy (non-hydrogen) atoms. The molecule has 0 bridgehead atoms. The smallest absolute Gasteiger partial charge is 0.283 e. The number of nitrogens with zero attached hydrogens (tertiary/aromatic N) is 2. The predicted octanol–water partition coefficient (Wildman–Crippen LogP) is 5.09. The van der Waals surface area contributed by atoms with Crippen LogP contribution in [0.2, 0.25) is 5.02 Å². The summed E-state index contributed by atoms with van der Waals surface area (Å²) in [5, 5.41) is 8.43. The molecule has 2 heterocycles. The van der Waals surface area contributed by atoms with E-state index >= 15 is 0 Å². The third-order valence-electron chi connectivity index (χ3n) is 2.50. The van der Waals surface area contributed by atoms with Gasteiger partial charge >= 0.3 is 0 Å². The minimum atomic E-state index is 0.148. The van der Waals surface area contributed by atoms with Crippen LogP contribution in [0.5, 0.6) is 5.75 Å². The van der Waals surface area contributed by atoms with Crippen molar-refractivity contribution in [2.75, 3.05) is 0 Å². The van der Waals surface area contributed by atoms with E-state index in [2.05, 4.69) is 42.1 Å². The maximum atomic E-state index is 5.87. The number of rotatable bonds is 4. The first-order chi connectivity index (χ1) is 10.1. The molecule has 0 spiro atoms. The number of benzene rings is 1. The van der Waals surface area contributed by atoms with Crippen LogP contribution < -0.4 is 4.74 Å². The monoisotopic (exact) mass is 432 g/mol. The molecule has 0 unspecified atom stereocenters. The maximum Gasteiger partial charge on any atom is 0.283 e. The van der Waals surface area contributed by atoms with Crippen LogP contribution in [0.25, 0.3) is 11.7 Å². The van der Waals surface area contributed by atoms with Gasteiger partial charge in [0.2, 0.25) is 0 Å². The van der Waals surface area contributed by atoms with Crippen LogP contribution in [0.1, 0.15) is 5.89 Å². The van der Waals surface area contributed by atoms with Crippen molar-refractivity contribution in [1.82, 2.24) is 10.2 Å². The molecular formula is C13H7Br2ClN2O3. The normalized spacial score (nSPS) is 10.8. The second kappa shape index (κ2) is 6.21. The Morgan fingerprint density at radius 3 is 2.67 bits per heavy atom.